The Hall–Kier alpha value is -1.38. The van der Waals surface area contributed by atoms with Crippen LogP contribution in [0.2, 0.25) is 0 Å². The third kappa shape index (κ3) is 5.32. The highest BCUT2D eigenvalue weighted by atomic mass is 32.2. The lowest BCUT2D eigenvalue weighted by atomic mass is 10.1. The molecule has 0 fully saturated rings. The highest BCUT2D eigenvalue weighted by Crippen LogP contribution is 2.14. The Morgan fingerprint density at radius 3 is 2.50 bits per heavy atom. The molecule has 0 radical (unpaired) electrons. The first-order chi connectivity index (χ1) is 9.00. The Kier molecular flexibility index (Phi) is 4.95. The lowest BCUT2D eigenvalue weighted by Crippen LogP contribution is -2.49. The number of furan rings is 1. The summed E-state index contributed by atoms with van der Waals surface area (Å²) in [5, 5.41) is 11.9. The van der Waals surface area contributed by atoms with E-state index in [-0.39, 0.29) is 5.76 Å². The lowest BCUT2D eigenvalue weighted by Gasteiger charge is -2.25. The summed E-state index contributed by atoms with van der Waals surface area (Å²) in [6.07, 6.45) is 1.10. The number of carboxylic acids is 1. The molecule has 3 N–H and O–H groups in total. The quantitative estimate of drug-likeness (QED) is 0.684. The number of carbonyl (C=O) groups is 1. The minimum atomic E-state index is -3.28. The number of aryl methyl sites for hydroxylation is 1. The van der Waals surface area contributed by atoms with Gasteiger partial charge in [-0.1, -0.05) is 0 Å². The highest BCUT2D eigenvalue weighted by molar-refractivity contribution is 7.88. The third-order valence-electron chi connectivity index (χ3n) is 2.49. The topological polar surface area (TPSA) is 109 Å². The van der Waals surface area contributed by atoms with E-state index in [4.69, 9.17) is 9.52 Å². The molecule has 0 atom stereocenters. The van der Waals surface area contributed by atoms with Crippen LogP contribution < -0.4 is 10.0 Å². The molecule has 0 unspecified atom stereocenters. The van der Waals surface area contributed by atoms with Crippen molar-refractivity contribution in [1.82, 2.24) is 10.0 Å². The Bertz CT molecular complexity index is 589. The van der Waals surface area contributed by atoms with Crippen LogP contribution in [0.25, 0.3) is 0 Å². The van der Waals surface area contributed by atoms with Crippen LogP contribution in [0.4, 0.5) is 0 Å². The van der Waals surface area contributed by atoms with Crippen LogP contribution in [0.3, 0.4) is 0 Å². The van der Waals surface area contributed by atoms with Crippen LogP contribution in [0, 0.1) is 6.92 Å². The second-order valence-electron chi connectivity index (χ2n) is 5.39. The number of carboxylic acid groups (broad SMARTS) is 1. The van der Waals surface area contributed by atoms with Gasteiger partial charge in [-0.15, -0.1) is 0 Å². The van der Waals surface area contributed by atoms with Crippen molar-refractivity contribution in [3.8, 4) is 0 Å². The molecular formula is C12H20N2O5S. The Labute approximate surface area is 118 Å². The molecule has 114 valence electrons. The predicted octanol–water partition coefficient (Wildman–Crippen LogP) is 0.704. The smallest absolute Gasteiger partial charge is 0.372 e. The van der Waals surface area contributed by atoms with Crippen molar-refractivity contribution in [1.29, 1.82) is 0 Å². The number of hydrogen-bond acceptors (Lipinski definition) is 5. The van der Waals surface area contributed by atoms with Crippen LogP contribution >= 0.6 is 0 Å². The normalized spacial score (nSPS) is 12.6. The van der Waals surface area contributed by atoms with E-state index in [1.165, 1.54) is 0 Å². The molecule has 8 heteroatoms. The van der Waals surface area contributed by atoms with Gasteiger partial charge >= 0.3 is 5.97 Å². The summed E-state index contributed by atoms with van der Waals surface area (Å²) in [6.45, 7) is 5.85. The zero-order valence-corrected chi connectivity index (χ0v) is 12.8. The number of rotatable bonds is 7. The van der Waals surface area contributed by atoms with Gasteiger partial charge in [0.2, 0.25) is 15.8 Å². The van der Waals surface area contributed by atoms with Crippen LogP contribution in [0.1, 0.15) is 35.7 Å². The second kappa shape index (κ2) is 5.94. The van der Waals surface area contributed by atoms with E-state index < -0.39 is 21.5 Å². The summed E-state index contributed by atoms with van der Waals surface area (Å²) in [6, 6.07) is 1.65. The minimum absolute atomic E-state index is 0.0738. The molecule has 0 saturated carbocycles. The van der Waals surface area contributed by atoms with Gasteiger partial charge in [0.25, 0.3) is 0 Å². The first kappa shape index (κ1) is 16.7. The summed E-state index contributed by atoms with van der Waals surface area (Å²) in [5.74, 6) is -0.682. The fourth-order valence-corrected chi connectivity index (χ4v) is 2.96. The molecule has 7 nitrogen and oxygen atoms in total. The van der Waals surface area contributed by atoms with Gasteiger partial charge in [-0.2, -0.15) is 0 Å². The standard InChI is InChI=1S/C12H20N2O5S/c1-8-5-9(19-10(8)11(15)16)6-13-7-12(2,3)14-20(4,17)18/h5,13-14H,6-7H2,1-4H3,(H,15,16). The largest absolute Gasteiger partial charge is 0.475 e. The maximum absolute atomic E-state index is 11.2. The zero-order valence-electron chi connectivity index (χ0n) is 12.0. The maximum atomic E-state index is 11.2. The van der Waals surface area contributed by atoms with Crippen molar-refractivity contribution in [2.45, 2.75) is 32.9 Å². The lowest BCUT2D eigenvalue weighted by molar-refractivity contribution is 0.0659. The van der Waals surface area contributed by atoms with E-state index in [2.05, 4.69) is 10.0 Å². The summed E-state index contributed by atoms with van der Waals surface area (Å²) in [4.78, 5) is 10.8. The monoisotopic (exact) mass is 304 g/mol. The fourth-order valence-electron chi connectivity index (χ4n) is 1.88. The van der Waals surface area contributed by atoms with Gasteiger partial charge in [0.05, 0.1) is 12.8 Å². The summed E-state index contributed by atoms with van der Waals surface area (Å²) in [5.41, 5.74) is -0.0898. The molecule has 0 saturated heterocycles. The number of hydrogen-bond donors (Lipinski definition) is 3. The molecule has 1 aromatic rings. The first-order valence-electron chi connectivity index (χ1n) is 6.02. The van der Waals surface area contributed by atoms with Gasteiger partial charge in [-0.05, 0) is 26.8 Å². The molecule has 0 aliphatic heterocycles. The molecule has 0 amide bonds. The van der Waals surface area contributed by atoms with E-state index in [9.17, 15) is 13.2 Å². The van der Waals surface area contributed by atoms with Gasteiger partial charge in [0, 0.05) is 17.6 Å². The summed E-state index contributed by atoms with van der Waals surface area (Å²) < 4.78 is 30.1. The fraction of sp³-hybridized carbons (Fsp3) is 0.583. The van der Waals surface area contributed by atoms with Crippen molar-refractivity contribution in [2.24, 2.45) is 0 Å². The van der Waals surface area contributed by atoms with Gasteiger partial charge in [-0.25, -0.2) is 17.9 Å². The maximum Gasteiger partial charge on any atom is 0.372 e. The molecule has 0 aliphatic rings. The van der Waals surface area contributed by atoms with E-state index in [1.807, 2.05) is 0 Å². The van der Waals surface area contributed by atoms with E-state index >= 15 is 0 Å². The van der Waals surface area contributed by atoms with Gasteiger partial charge in [0.1, 0.15) is 5.76 Å². The van der Waals surface area contributed by atoms with Crippen LogP contribution in [-0.2, 0) is 16.6 Å². The van der Waals surface area contributed by atoms with Crippen LogP contribution in [0.5, 0.6) is 0 Å². The molecule has 1 aromatic heterocycles. The average Bonchev–Trinajstić information content (AvgIpc) is 2.55. The first-order valence-corrected chi connectivity index (χ1v) is 7.91. The number of sulfonamides is 1. The van der Waals surface area contributed by atoms with Gasteiger partial charge in [-0.3, -0.25) is 0 Å². The summed E-state index contributed by atoms with van der Waals surface area (Å²) in [7, 11) is -3.28. The molecular weight excluding hydrogens is 284 g/mol. The molecule has 1 heterocycles. The van der Waals surface area contributed by atoms with E-state index in [0.717, 1.165) is 6.26 Å². The molecule has 0 aliphatic carbocycles. The van der Waals surface area contributed by atoms with Crippen molar-refractivity contribution < 1.29 is 22.7 Å². The predicted molar refractivity (Wildman–Crippen MR) is 74.2 cm³/mol. The highest BCUT2D eigenvalue weighted by Gasteiger charge is 2.22. The van der Waals surface area contributed by atoms with Crippen molar-refractivity contribution in [3.63, 3.8) is 0 Å². The molecule has 0 aromatic carbocycles. The van der Waals surface area contributed by atoms with Gasteiger partial charge in [0.15, 0.2) is 0 Å². The van der Waals surface area contributed by atoms with E-state index in [0.29, 0.717) is 24.4 Å². The second-order valence-corrected chi connectivity index (χ2v) is 7.14. The molecule has 1 rings (SSSR count). The SMILES string of the molecule is Cc1cc(CNCC(C)(C)NS(C)(=O)=O)oc1C(=O)O. The summed E-state index contributed by atoms with van der Waals surface area (Å²) >= 11 is 0. The zero-order chi connectivity index (χ0) is 15.6. The Morgan fingerprint density at radius 1 is 1.45 bits per heavy atom. The van der Waals surface area contributed by atoms with E-state index in [1.54, 1.807) is 26.8 Å². The van der Waals surface area contributed by atoms with Gasteiger partial charge < -0.3 is 14.8 Å². The van der Waals surface area contributed by atoms with Crippen molar-refractivity contribution in [2.75, 3.05) is 12.8 Å². The average molecular weight is 304 g/mol. The van der Waals surface area contributed by atoms with Crippen LogP contribution in [0.15, 0.2) is 10.5 Å². The van der Waals surface area contributed by atoms with Crippen molar-refractivity contribution >= 4 is 16.0 Å². The third-order valence-corrected chi connectivity index (χ3v) is 3.41. The molecule has 0 spiro atoms. The Morgan fingerprint density at radius 2 is 2.05 bits per heavy atom. The Balaban J connectivity index is 2.56. The minimum Gasteiger partial charge on any atom is -0.475 e. The number of nitrogens with one attached hydrogen (secondary N) is 2. The van der Waals surface area contributed by atoms with Crippen LogP contribution in [-0.4, -0.2) is 37.8 Å². The molecule has 0 bridgehead atoms. The number of aromatic carboxylic acids is 1. The molecule has 20 heavy (non-hydrogen) atoms. The van der Waals surface area contributed by atoms with Crippen molar-refractivity contribution in [3.05, 3.63) is 23.2 Å².